The second kappa shape index (κ2) is 8.40. The van der Waals surface area contributed by atoms with Gasteiger partial charge in [-0.15, -0.1) is 0 Å². The summed E-state index contributed by atoms with van der Waals surface area (Å²) in [6, 6.07) is 14.8. The summed E-state index contributed by atoms with van der Waals surface area (Å²) in [4.78, 5) is 29.4. The van der Waals surface area contributed by atoms with E-state index in [1.54, 1.807) is 23.0 Å². The topological polar surface area (TPSA) is 81.8 Å². The van der Waals surface area contributed by atoms with Crippen molar-refractivity contribution in [3.8, 4) is 0 Å². The van der Waals surface area contributed by atoms with Gasteiger partial charge in [-0.2, -0.15) is 5.10 Å². The molecule has 4 rings (SSSR count). The van der Waals surface area contributed by atoms with E-state index in [4.69, 9.17) is 0 Å². The summed E-state index contributed by atoms with van der Waals surface area (Å²) in [6.07, 6.45) is 5.24. The molecule has 146 valence electrons. The van der Waals surface area contributed by atoms with Crippen LogP contribution in [0.2, 0.25) is 0 Å². The maximum atomic E-state index is 12.6. The van der Waals surface area contributed by atoms with Crippen LogP contribution in [-0.2, 0) is 17.9 Å². The Morgan fingerprint density at radius 2 is 2.00 bits per heavy atom. The van der Waals surface area contributed by atoms with Crippen molar-refractivity contribution < 1.29 is 4.79 Å². The molecule has 8 heteroatoms. The number of benzene rings is 2. The van der Waals surface area contributed by atoms with Gasteiger partial charge in [-0.3, -0.25) is 18.8 Å². The Morgan fingerprint density at radius 3 is 2.83 bits per heavy atom. The quantitative estimate of drug-likeness (QED) is 0.486. The summed E-state index contributed by atoms with van der Waals surface area (Å²) in [6.45, 7) is 0.813. The van der Waals surface area contributed by atoms with Crippen molar-refractivity contribution >= 4 is 38.4 Å². The Morgan fingerprint density at radius 1 is 1.14 bits per heavy atom. The number of fused-ring (bicyclic) bond motifs is 1. The van der Waals surface area contributed by atoms with E-state index in [1.165, 1.54) is 10.9 Å². The van der Waals surface area contributed by atoms with Gasteiger partial charge in [0.1, 0.15) is 0 Å². The molecule has 0 bridgehead atoms. The number of carbonyl (C=O) groups excluding carboxylic acids is 1. The van der Waals surface area contributed by atoms with E-state index >= 15 is 0 Å². The largest absolute Gasteiger partial charge is 0.326 e. The summed E-state index contributed by atoms with van der Waals surface area (Å²) in [7, 11) is 0. The van der Waals surface area contributed by atoms with Gasteiger partial charge in [-0.25, -0.2) is 4.98 Å². The Labute approximate surface area is 175 Å². The molecule has 0 fully saturated rings. The van der Waals surface area contributed by atoms with Crippen molar-refractivity contribution in [2.24, 2.45) is 0 Å². The van der Waals surface area contributed by atoms with Crippen molar-refractivity contribution in [2.45, 2.75) is 19.5 Å². The van der Waals surface area contributed by atoms with Gasteiger partial charge in [0.05, 0.1) is 23.8 Å². The summed E-state index contributed by atoms with van der Waals surface area (Å²) >= 11 is 3.37. The molecule has 7 nitrogen and oxygen atoms in total. The van der Waals surface area contributed by atoms with Gasteiger partial charge in [-0.05, 0) is 35.9 Å². The summed E-state index contributed by atoms with van der Waals surface area (Å²) in [5.74, 6) is -0.167. The number of anilines is 1. The summed E-state index contributed by atoms with van der Waals surface area (Å²) < 4.78 is 4.07. The number of para-hydroxylation sites is 1. The lowest BCUT2D eigenvalue weighted by Crippen LogP contribution is -2.24. The number of carbonyl (C=O) groups is 1. The van der Waals surface area contributed by atoms with Crippen molar-refractivity contribution in [1.82, 2.24) is 19.3 Å². The summed E-state index contributed by atoms with van der Waals surface area (Å²) in [5.41, 5.74) is 2.16. The number of rotatable bonds is 6. The monoisotopic (exact) mass is 451 g/mol. The first-order valence-electron chi connectivity index (χ1n) is 9.10. The molecule has 1 N–H and O–H groups in total. The third kappa shape index (κ3) is 4.43. The predicted molar refractivity (Wildman–Crippen MR) is 115 cm³/mol. The average Bonchev–Trinajstić information content (AvgIpc) is 3.22. The second-order valence-corrected chi connectivity index (χ2v) is 7.48. The van der Waals surface area contributed by atoms with Crippen molar-refractivity contribution in [3.63, 3.8) is 0 Å². The normalized spacial score (nSPS) is 10.9. The zero-order valence-corrected chi connectivity index (χ0v) is 17.0. The molecule has 0 aliphatic rings. The molecule has 0 aliphatic heterocycles. The predicted octanol–water partition coefficient (Wildman–Crippen LogP) is 3.43. The first-order valence-corrected chi connectivity index (χ1v) is 9.89. The van der Waals surface area contributed by atoms with E-state index in [1.807, 2.05) is 42.6 Å². The standard InChI is InChI=1S/C21H18BrN5O2/c22-16-6-7-19-17(12-16)21(29)26(14-23-19)11-8-20(28)25-18-5-2-1-4-15(18)13-27-10-3-9-24-27/h1-7,9-10,12,14H,8,11,13H2,(H,25,28). The van der Waals surface area contributed by atoms with Crippen LogP contribution in [0.15, 0.2) is 76.5 Å². The molecule has 4 aromatic rings. The van der Waals surface area contributed by atoms with Crippen LogP contribution in [0.3, 0.4) is 0 Å². The SMILES string of the molecule is O=C(CCn1cnc2ccc(Br)cc2c1=O)Nc1ccccc1Cn1cccn1. The number of halogens is 1. The molecule has 0 spiro atoms. The lowest BCUT2D eigenvalue weighted by atomic mass is 10.1. The van der Waals surface area contributed by atoms with Gasteiger partial charge in [0, 0.05) is 35.5 Å². The third-order valence-corrected chi connectivity index (χ3v) is 5.04. The minimum atomic E-state index is -0.167. The van der Waals surface area contributed by atoms with E-state index in [-0.39, 0.29) is 24.4 Å². The van der Waals surface area contributed by atoms with Crippen LogP contribution < -0.4 is 10.9 Å². The molecule has 0 saturated carbocycles. The zero-order chi connectivity index (χ0) is 20.2. The van der Waals surface area contributed by atoms with Crippen LogP contribution in [0.1, 0.15) is 12.0 Å². The lowest BCUT2D eigenvalue weighted by molar-refractivity contribution is -0.116. The third-order valence-electron chi connectivity index (χ3n) is 4.55. The molecule has 2 heterocycles. The van der Waals surface area contributed by atoms with Gasteiger partial charge in [-0.1, -0.05) is 34.1 Å². The fourth-order valence-electron chi connectivity index (χ4n) is 3.07. The smallest absolute Gasteiger partial charge is 0.261 e. The average molecular weight is 452 g/mol. The fourth-order valence-corrected chi connectivity index (χ4v) is 3.43. The van der Waals surface area contributed by atoms with Crippen LogP contribution in [0.5, 0.6) is 0 Å². The van der Waals surface area contributed by atoms with E-state index in [0.717, 1.165) is 15.7 Å². The lowest BCUT2D eigenvalue weighted by Gasteiger charge is -2.12. The fraction of sp³-hybridized carbons (Fsp3) is 0.143. The molecule has 0 atom stereocenters. The molecule has 29 heavy (non-hydrogen) atoms. The molecule has 2 aromatic carbocycles. The minimum Gasteiger partial charge on any atom is -0.326 e. The molecule has 0 saturated heterocycles. The van der Waals surface area contributed by atoms with Crippen molar-refractivity contribution in [1.29, 1.82) is 0 Å². The van der Waals surface area contributed by atoms with E-state index in [9.17, 15) is 9.59 Å². The van der Waals surface area contributed by atoms with Crippen molar-refractivity contribution in [2.75, 3.05) is 5.32 Å². The van der Waals surface area contributed by atoms with Gasteiger partial charge in [0.15, 0.2) is 0 Å². The van der Waals surface area contributed by atoms with Crippen LogP contribution in [0, 0.1) is 0 Å². The Balaban J connectivity index is 1.45. The maximum Gasteiger partial charge on any atom is 0.261 e. The van der Waals surface area contributed by atoms with Crippen LogP contribution in [-0.4, -0.2) is 25.2 Å². The van der Waals surface area contributed by atoms with Crippen LogP contribution in [0.25, 0.3) is 10.9 Å². The number of aromatic nitrogens is 4. The van der Waals surface area contributed by atoms with Crippen molar-refractivity contribution in [3.05, 3.63) is 87.6 Å². The highest BCUT2D eigenvalue weighted by molar-refractivity contribution is 9.10. The van der Waals surface area contributed by atoms with E-state index < -0.39 is 0 Å². The van der Waals surface area contributed by atoms with Gasteiger partial charge >= 0.3 is 0 Å². The first kappa shape index (κ1) is 19.1. The number of amides is 1. The number of nitrogens with one attached hydrogen (secondary N) is 1. The molecule has 0 radical (unpaired) electrons. The molecular weight excluding hydrogens is 434 g/mol. The molecule has 0 unspecified atom stereocenters. The van der Waals surface area contributed by atoms with Crippen LogP contribution >= 0.6 is 15.9 Å². The van der Waals surface area contributed by atoms with Gasteiger partial charge in [0.2, 0.25) is 5.91 Å². The maximum absolute atomic E-state index is 12.6. The summed E-state index contributed by atoms with van der Waals surface area (Å²) in [5, 5.41) is 7.66. The number of hydrogen-bond donors (Lipinski definition) is 1. The second-order valence-electron chi connectivity index (χ2n) is 6.56. The highest BCUT2D eigenvalue weighted by atomic mass is 79.9. The molecule has 2 aromatic heterocycles. The van der Waals surface area contributed by atoms with E-state index in [2.05, 4.69) is 31.3 Å². The number of aryl methyl sites for hydroxylation is 1. The highest BCUT2D eigenvalue weighted by Crippen LogP contribution is 2.17. The van der Waals surface area contributed by atoms with E-state index in [0.29, 0.717) is 17.4 Å². The Kier molecular flexibility index (Phi) is 5.53. The van der Waals surface area contributed by atoms with Gasteiger partial charge < -0.3 is 5.32 Å². The number of nitrogens with zero attached hydrogens (tertiary/aromatic N) is 4. The Hall–Kier alpha value is -3.26. The minimum absolute atomic E-state index is 0.164. The van der Waals surface area contributed by atoms with Crippen LogP contribution in [0.4, 0.5) is 5.69 Å². The number of hydrogen-bond acceptors (Lipinski definition) is 4. The Bertz CT molecular complexity index is 1220. The van der Waals surface area contributed by atoms with Gasteiger partial charge in [0.25, 0.3) is 5.56 Å². The zero-order valence-electron chi connectivity index (χ0n) is 15.5. The molecule has 1 amide bonds. The first-order chi connectivity index (χ1) is 14.1. The molecular formula is C21H18BrN5O2. The molecule has 0 aliphatic carbocycles. The highest BCUT2D eigenvalue weighted by Gasteiger charge is 2.10.